The number of halogens is 3. The lowest BCUT2D eigenvalue weighted by Crippen LogP contribution is -2.29. The van der Waals surface area contributed by atoms with Gasteiger partial charge in [0.05, 0.1) is 30.7 Å². The Hall–Kier alpha value is -4.53. The zero-order valence-corrected chi connectivity index (χ0v) is 24.2. The SMILES string of the molecule is COc1ncnc(C2CC2)c1-c1nc(CCc2ccc(-c3nc(C(F)(F)F)cn3C(C)C)cc2)c2c(n1)CCN(C#N)C2. The molecule has 0 radical (unpaired) electrons. The van der Waals surface area contributed by atoms with Gasteiger partial charge in [-0.05, 0) is 45.1 Å². The first-order valence-electron chi connectivity index (χ1n) is 14.3. The van der Waals surface area contributed by atoms with Crippen LogP contribution in [0.25, 0.3) is 22.8 Å². The van der Waals surface area contributed by atoms with Crippen molar-refractivity contribution in [1.82, 2.24) is 34.4 Å². The fourth-order valence-electron chi connectivity index (χ4n) is 5.52. The summed E-state index contributed by atoms with van der Waals surface area (Å²) in [6, 6.07) is 7.26. The van der Waals surface area contributed by atoms with E-state index >= 15 is 0 Å². The second-order valence-electron chi connectivity index (χ2n) is 11.3. The molecule has 1 fully saturated rings. The average Bonchev–Trinajstić information content (AvgIpc) is 3.75. The number of nitriles is 1. The molecule has 0 amide bonds. The Bertz CT molecular complexity index is 1690. The zero-order chi connectivity index (χ0) is 30.3. The first-order chi connectivity index (χ1) is 20.7. The van der Waals surface area contributed by atoms with Crippen LogP contribution in [0.3, 0.4) is 0 Å². The quantitative estimate of drug-likeness (QED) is 0.234. The van der Waals surface area contributed by atoms with Crippen LogP contribution in [0.4, 0.5) is 13.2 Å². The van der Waals surface area contributed by atoms with Gasteiger partial charge in [-0.15, -0.1) is 0 Å². The van der Waals surface area contributed by atoms with Crippen LogP contribution in [-0.2, 0) is 32.0 Å². The molecule has 0 N–H and O–H groups in total. The summed E-state index contributed by atoms with van der Waals surface area (Å²) in [5.41, 5.74) is 5.06. The number of hydrogen-bond acceptors (Lipinski definition) is 8. The number of benzene rings is 1. The highest BCUT2D eigenvalue weighted by molar-refractivity contribution is 5.66. The second kappa shape index (κ2) is 11.3. The van der Waals surface area contributed by atoms with Crippen molar-refractivity contribution in [3.05, 3.63) is 70.7 Å². The minimum atomic E-state index is -4.51. The first kappa shape index (κ1) is 28.6. The van der Waals surface area contributed by atoms with E-state index in [1.807, 2.05) is 38.1 Å². The Morgan fingerprint density at radius 1 is 1.07 bits per heavy atom. The Morgan fingerprint density at radius 3 is 2.49 bits per heavy atom. The number of ether oxygens (including phenoxy) is 1. The molecule has 1 aromatic carbocycles. The van der Waals surface area contributed by atoms with Crippen LogP contribution in [0.2, 0.25) is 0 Å². The van der Waals surface area contributed by atoms with E-state index in [1.54, 1.807) is 16.6 Å². The number of fused-ring (bicyclic) bond motifs is 1. The predicted molar refractivity (Wildman–Crippen MR) is 152 cm³/mol. The largest absolute Gasteiger partial charge is 0.480 e. The standard InChI is InChI=1S/C31H31F3N8O/c1-18(2)42-15-25(31(32,33)34)40-29(42)21-7-4-19(5-8-21)6-11-23-22-14-41(16-35)13-12-24(22)39-28(38-23)26-27(20-9-10-20)36-17-37-30(26)43-3/h4-5,7-8,15,17-18,20H,6,9-14H2,1-3H3. The van der Waals surface area contributed by atoms with Gasteiger partial charge in [0.15, 0.2) is 17.7 Å². The van der Waals surface area contributed by atoms with E-state index in [0.29, 0.717) is 55.5 Å². The molecule has 0 atom stereocenters. The first-order valence-corrected chi connectivity index (χ1v) is 14.3. The Morgan fingerprint density at radius 2 is 1.84 bits per heavy atom. The molecular weight excluding hydrogens is 557 g/mol. The zero-order valence-electron chi connectivity index (χ0n) is 24.2. The van der Waals surface area contributed by atoms with Gasteiger partial charge in [0.2, 0.25) is 5.88 Å². The molecular formula is C31H31F3N8O. The third-order valence-electron chi connectivity index (χ3n) is 7.95. The number of hydrogen-bond donors (Lipinski definition) is 0. The number of methoxy groups -OCH3 is 1. The minimum absolute atomic E-state index is 0.182. The molecule has 1 aliphatic heterocycles. The van der Waals surface area contributed by atoms with Gasteiger partial charge in [-0.1, -0.05) is 24.3 Å². The summed E-state index contributed by atoms with van der Waals surface area (Å²) < 4.78 is 47.3. The van der Waals surface area contributed by atoms with Crippen LogP contribution in [0, 0.1) is 11.5 Å². The van der Waals surface area contributed by atoms with Crippen LogP contribution >= 0.6 is 0 Å². The van der Waals surface area contributed by atoms with Crippen molar-refractivity contribution in [2.45, 2.75) is 70.6 Å². The average molecular weight is 589 g/mol. The van der Waals surface area contributed by atoms with Crippen LogP contribution in [-0.4, -0.2) is 48.0 Å². The highest BCUT2D eigenvalue weighted by atomic mass is 19.4. The number of aryl methyl sites for hydroxylation is 2. The van der Waals surface area contributed by atoms with Crippen LogP contribution < -0.4 is 4.74 Å². The van der Waals surface area contributed by atoms with Crippen molar-refractivity contribution < 1.29 is 17.9 Å². The molecule has 12 heteroatoms. The van der Waals surface area contributed by atoms with Crippen molar-refractivity contribution in [2.24, 2.45) is 0 Å². The Balaban J connectivity index is 1.31. The normalized spacial score (nSPS) is 15.0. The fraction of sp³-hybridized carbons (Fsp3) is 0.419. The van der Waals surface area contributed by atoms with Crippen molar-refractivity contribution in [3.8, 4) is 34.8 Å². The van der Waals surface area contributed by atoms with Gasteiger partial charge in [-0.25, -0.2) is 24.9 Å². The van der Waals surface area contributed by atoms with E-state index in [-0.39, 0.29) is 11.9 Å². The fourth-order valence-corrected chi connectivity index (χ4v) is 5.52. The number of imidazole rings is 1. The molecule has 4 aromatic rings. The van der Waals surface area contributed by atoms with Gasteiger partial charge < -0.3 is 14.2 Å². The highest BCUT2D eigenvalue weighted by Crippen LogP contribution is 2.45. The maximum Gasteiger partial charge on any atom is 0.434 e. The van der Waals surface area contributed by atoms with Crippen LogP contribution in [0.15, 0.2) is 36.8 Å². The summed E-state index contributed by atoms with van der Waals surface area (Å²) in [6.07, 6.45) is 4.26. The lowest BCUT2D eigenvalue weighted by Gasteiger charge is -2.26. The minimum Gasteiger partial charge on any atom is -0.480 e. The van der Waals surface area contributed by atoms with E-state index in [0.717, 1.165) is 52.8 Å². The molecule has 4 heterocycles. The van der Waals surface area contributed by atoms with Gasteiger partial charge >= 0.3 is 6.18 Å². The maximum absolute atomic E-state index is 13.4. The monoisotopic (exact) mass is 588 g/mol. The molecule has 0 unspecified atom stereocenters. The molecule has 1 aliphatic carbocycles. The van der Waals surface area contributed by atoms with Crippen LogP contribution in [0.1, 0.15) is 72.6 Å². The van der Waals surface area contributed by atoms with Gasteiger partial charge in [-0.2, -0.15) is 18.4 Å². The van der Waals surface area contributed by atoms with Crippen molar-refractivity contribution in [3.63, 3.8) is 0 Å². The molecule has 0 spiro atoms. The molecule has 0 bridgehead atoms. The van der Waals surface area contributed by atoms with Crippen molar-refractivity contribution >= 4 is 0 Å². The highest BCUT2D eigenvalue weighted by Gasteiger charge is 2.35. The summed E-state index contributed by atoms with van der Waals surface area (Å²) in [7, 11) is 1.58. The molecule has 6 rings (SSSR count). The van der Waals surface area contributed by atoms with Gasteiger partial charge in [0.1, 0.15) is 17.7 Å². The van der Waals surface area contributed by atoms with Gasteiger partial charge in [-0.3, -0.25) is 0 Å². The molecule has 0 saturated heterocycles. The van der Waals surface area contributed by atoms with Gasteiger partial charge in [0, 0.05) is 42.2 Å². The second-order valence-corrected chi connectivity index (χ2v) is 11.3. The molecule has 43 heavy (non-hydrogen) atoms. The number of nitrogens with zero attached hydrogens (tertiary/aromatic N) is 8. The summed E-state index contributed by atoms with van der Waals surface area (Å²) in [5.74, 6) is 1.60. The Labute approximate surface area is 247 Å². The van der Waals surface area contributed by atoms with E-state index in [9.17, 15) is 18.4 Å². The lowest BCUT2D eigenvalue weighted by molar-refractivity contribution is -0.140. The third kappa shape index (κ3) is 5.76. The summed E-state index contributed by atoms with van der Waals surface area (Å²) in [4.78, 5) is 24.5. The molecule has 222 valence electrons. The topological polar surface area (TPSA) is 106 Å². The molecule has 9 nitrogen and oxygen atoms in total. The summed E-state index contributed by atoms with van der Waals surface area (Å²) in [6.45, 7) is 4.68. The van der Waals surface area contributed by atoms with E-state index in [4.69, 9.17) is 14.7 Å². The lowest BCUT2D eigenvalue weighted by atomic mass is 9.98. The molecule has 2 aliphatic rings. The van der Waals surface area contributed by atoms with Crippen molar-refractivity contribution in [1.29, 1.82) is 5.26 Å². The number of rotatable bonds is 8. The summed E-state index contributed by atoms with van der Waals surface area (Å²) in [5, 5.41) is 9.57. The maximum atomic E-state index is 13.4. The smallest absolute Gasteiger partial charge is 0.434 e. The number of alkyl halides is 3. The van der Waals surface area contributed by atoms with E-state index < -0.39 is 11.9 Å². The molecule has 1 saturated carbocycles. The third-order valence-corrected chi connectivity index (χ3v) is 7.95. The number of aromatic nitrogens is 6. The molecule has 3 aromatic heterocycles. The van der Waals surface area contributed by atoms with Gasteiger partial charge in [0.25, 0.3) is 0 Å². The predicted octanol–water partition coefficient (Wildman–Crippen LogP) is 5.91. The summed E-state index contributed by atoms with van der Waals surface area (Å²) >= 11 is 0. The van der Waals surface area contributed by atoms with Crippen molar-refractivity contribution in [2.75, 3.05) is 13.7 Å². The van der Waals surface area contributed by atoms with E-state index in [2.05, 4.69) is 21.1 Å². The van der Waals surface area contributed by atoms with E-state index in [1.165, 1.54) is 6.33 Å². The Kier molecular flexibility index (Phi) is 7.50. The van der Waals surface area contributed by atoms with Crippen LogP contribution in [0.5, 0.6) is 5.88 Å².